The third-order valence-corrected chi connectivity index (χ3v) is 4.06. The van der Waals surface area contributed by atoms with Crippen LogP contribution in [0.4, 0.5) is 11.8 Å². The summed E-state index contributed by atoms with van der Waals surface area (Å²) >= 11 is 0. The highest BCUT2D eigenvalue weighted by Gasteiger charge is 2.13. The van der Waals surface area contributed by atoms with E-state index in [2.05, 4.69) is 32.7 Å². The largest absolute Gasteiger partial charge is 0.454 e. The maximum atomic E-state index is 5.42. The molecule has 2 heterocycles. The van der Waals surface area contributed by atoms with Gasteiger partial charge in [0.25, 0.3) is 0 Å². The average Bonchev–Trinajstić information content (AvgIpc) is 3.13. The lowest BCUT2D eigenvalue weighted by Crippen LogP contribution is -2.08. The van der Waals surface area contributed by atoms with E-state index >= 15 is 0 Å². The molecule has 132 valence electrons. The molecule has 0 fully saturated rings. The van der Waals surface area contributed by atoms with Crippen LogP contribution in [0.2, 0.25) is 0 Å². The Morgan fingerprint density at radius 3 is 2.54 bits per heavy atom. The number of nitrogens with one attached hydrogen (secondary N) is 2. The minimum absolute atomic E-state index is 0.285. The maximum Gasteiger partial charge on any atom is 0.231 e. The van der Waals surface area contributed by atoms with Gasteiger partial charge in [0.15, 0.2) is 11.5 Å². The van der Waals surface area contributed by atoms with Gasteiger partial charge in [-0.2, -0.15) is 4.98 Å². The maximum absolute atomic E-state index is 5.42. The fourth-order valence-corrected chi connectivity index (χ4v) is 2.76. The van der Waals surface area contributed by atoms with E-state index in [-0.39, 0.29) is 6.79 Å². The third kappa shape index (κ3) is 3.85. The Morgan fingerprint density at radius 2 is 1.65 bits per heavy atom. The number of hydrogen-bond donors (Lipinski definition) is 2. The summed E-state index contributed by atoms with van der Waals surface area (Å²) in [6, 6.07) is 18.0. The van der Waals surface area contributed by atoms with Crippen molar-refractivity contribution >= 4 is 11.8 Å². The molecule has 0 amide bonds. The SMILES string of the molecule is Cc1cc(NCc2ccc3c(c2)OCO3)nc(NCc2ccccc2)n1. The molecule has 2 aromatic carbocycles. The second kappa shape index (κ2) is 7.31. The number of hydrogen-bond acceptors (Lipinski definition) is 6. The lowest BCUT2D eigenvalue weighted by atomic mass is 10.2. The van der Waals surface area contributed by atoms with E-state index < -0.39 is 0 Å². The molecule has 1 aromatic heterocycles. The molecule has 26 heavy (non-hydrogen) atoms. The Morgan fingerprint density at radius 1 is 0.846 bits per heavy atom. The molecule has 0 spiro atoms. The van der Waals surface area contributed by atoms with Crippen LogP contribution in [0.15, 0.2) is 54.6 Å². The molecule has 1 aliphatic rings. The van der Waals surface area contributed by atoms with E-state index in [9.17, 15) is 0 Å². The first kappa shape index (κ1) is 16.2. The molecular weight excluding hydrogens is 328 g/mol. The van der Waals surface area contributed by atoms with Crippen molar-refractivity contribution in [3.8, 4) is 11.5 Å². The predicted octanol–water partition coefficient (Wildman–Crippen LogP) is 3.74. The van der Waals surface area contributed by atoms with Crippen LogP contribution in [0.25, 0.3) is 0 Å². The molecule has 0 saturated carbocycles. The van der Waals surface area contributed by atoms with Gasteiger partial charge in [-0.15, -0.1) is 0 Å². The summed E-state index contributed by atoms with van der Waals surface area (Å²) in [6.07, 6.45) is 0. The molecule has 0 radical (unpaired) electrons. The Kier molecular flexibility index (Phi) is 4.55. The molecule has 0 aliphatic carbocycles. The molecular formula is C20H20N4O2. The van der Waals surface area contributed by atoms with Crippen molar-refractivity contribution in [2.24, 2.45) is 0 Å². The number of nitrogens with zero attached hydrogens (tertiary/aromatic N) is 2. The summed E-state index contributed by atoms with van der Waals surface area (Å²) in [7, 11) is 0. The van der Waals surface area contributed by atoms with Crippen LogP contribution in [0.3, 0.4) is 0 Å². The highest BCUT2D eigenvalue weighted by Crippen LogP contribution is 2.32. The van der Waals surface area contributed by atoms with Crippen molar-refractivity contribution in [3.63, 3.8) is 0 Å². The van der Waals surface area contributed by atoms with Gasteiger partial charge in [-0.05, 0) is 30.2 Å². The number of aryl methyl sites for hydroxylation is 1. The minimum Gasteiger partial charge on any atom is -0.454 e. The normalized spacial score (nSPS) is 12.0. The smallest absolute Gasteiger partial charge is 0.231 e. The topological polar surface area (TPSA) is 68.3 Å². The number of ether oxygens (including phenoxy) is 2. The zero-order valence-electron chi connectivity index (χ0n) is 14.5. The zero-order valence-corrected chi connectivity index (χ0v) is 14.5. The van der Waals surface area contributed by atoms with Crippen molar-refractivity contribution in [2.45, 2.75) is 20.0 Å². The first-order valence-corrected chi connectivity index (χ1v) is 8.52. The summed E-state index contributed by atoms with van der Waals surface area (Å²) in [5.41, 5.74) is 3.19. The van der Waals surface area contributed by atoms with Crippen LogP contribution in [0.5, 0.6) is 11.5 Å². The molecule has 0 bridgehead atoms. The monoisotopic (exact) mass is 348 g/mol. The first-order valence-electron chi connectivity index (χ1n) is 8.52. The van der Waals surface area contributed by atoms with Gasteiger partial charge in [0, 0.05) is 24.8 Å². The molecule has 2 N–H and O–H groups in total. The molecule has 4 rings (SSSR count). The van der Waals surface area contributed by atoms with E-state index in [0.29, 0.717) is 19.0 Å². The van der Waals surface area contributed by atoms with E-state index in [1.807, 2.05) is 49.4 Å². The Labute approximate surface area is 152 Å². The van der Waals surface area contributed by atoms with Gasteiger partial charge < -0.3 is 20.1 Å². The Bertz CT molecular complexity index is 900. The summed E-state index contributed by atoms with van der Waals surface area (Å²) < 4.78 is 10.8. The number of fused-ring (bicyclic) bond motifs is 1. The van der Waals surface area contributed by atoms with Gasteiger partial charge in [0.2, 0.25) is 12.7 Å². The average molecular weight is 348 g/mol. The fraction of sp³-hybridized carbons (Fsp3) is 0.200. The van der Waals surface area contributed by atoms with Crippen molar-refractivity contribution in [3.05, 3.63) is 71.4 Å². The van der Waals surface area contributed by atoms with E-state index in [4.69, 9.17) is 9.47 Å². The Balaban J connectivity index is 1.41. The number of rotatable bonds is 6. The summed E-state index contributed by atoms with van der Waals surface area (Å²) in [4.78, 5) is 9.00. The lowest BCUT2D eigenvalue weighted by molar-refractivity contribution is 0.174. The van der Waals surface area contributed by atoms with Crippen LogP contribution in [-0.2, 0) is 13.1 Å². The number of anilines is 2. The second-order valence-corrected chi connectivity index (χ2v) is 6.10. The van der Waals surface area contributed by atoms with E-state index in [1.165, 1.54) is 5.56 Å². The van der Waals surface area contributed by atoms with Crippen LogP contribution >= 0.6 is 0 Å². The molecule has 0 saturated heterocycles. The van der Waals surface area contributed by atoms with Gasteiger partial charge in [0.05, 0.1) is 0 Å². The summed E-state index contributed by atoms with van der Waals surface area (Å²) in [5, 5.41) is 6.62. The van der Waals surface area contributed by atoms with Crippen molar-refractivity contribution in [1.29, 1.82) is 0 Å². The standard InChI is InChI=1S/C20H20N4O2/c1-14-9-19(21-12-16-7-8-17-18(10-16)26-13-25-17)24-20(23-14)22-11-15-5-3-2-4-6-15/h2-10H,11-13H2,1H3,(H2,21,22,23,24). The first-order chi connectivity index (χ1) is 12.8. The van der Waals surface area contributed by atoms with Crippen molar-refractivity contribution in [1.82, 2.24) is 9.97 Å². The zero-order chi connectivity index (χ0) is 17.8. The highest BCUT2D eigenvalue weighted by molar-refractivity contribution is 5.47. The molecule has 3 aromatic rings. The summed E-state index contributed by atoms with van der Waals surface area (Å²) in [6.45, 7) is 3.58. The highest BCUT2D eigenvalue weighted by atomic mass is 16.7. The van der Waals surface area contributed by atoms with Crippen molar-refractivity contribution < 1.29 is 9.47 Å². The fourth-order valence-electron chi connectivity index (χ4n) is 2.76. The lowest BCUT2D eigenvalue weighted by Gasteiger charge is -2.10. The molecule has 0 atom stereocenters. The number of benzene rings is 2. The molecule has 6 nitrogen and oxygen atoms in total. The van der Waals surface area contributed by atoms with E-state index in [1.54, 1.807) is 0 Å². The second-order valence-electron chi connectivity index (χ2n) is 6.10. The number of aromatic nitrogens is 2. The van der Waals surface area contributed by atoms with Crippen LogP contribution in [-0.4, -0.2) is 16.8 Å². The third-order valence-electron chi connectivity index (χ3n) is 4.06. The molecule has 1 aliphatic heterocycles. The van der Waals surface area contributed by atoms with Gasteiger partial charge in [-0.1, -0.05) is 36.4 Å². The van der Waals surface area contributed by atoms with Gasteiger partial charge >= 0.3 is 0 Å². The van der Waals surface area contributed by atoms with Gasteiger partial charge in [0.1, 0.15) is 5.82 Å². The summed E-state index contributed by atoms with van der Waals surface area (Å²) in [5.74, 6) is 2.97. The van der Waals surface area contributed by atoms with Crippen LogP contribution in [0.1, 0.15) is 16.8 Å². The van der Waals surface area contributed by atoms with Gasteiger partial charge in [-0.25, -0.2) is 4.98 Å². The van der Waals surface area contributed by atoms with Crippen LogP contribution in [0, 0.1) is 6.92 Å². The minimum atomic E-state index is 0.285. The quantitative estimate of drug-likeness (QED) is 0.707. The molecule has 6 heteroatoms. The van der Waals surface area contributed by atoms with Crippen molar-refractivity contribution in [2.75, 3.05) is 17.4 Å². The predicted molar refractivity (Wildman–Crippen MR) is 100 cm³/mol. The van der Waals surface area contributed by atoms with Crippen LogP contribution < -0.4 is 20.1 Å². The molecule has 0 unspecified atom stereocenters. The van der Waals surface area contributed by atoms with E-state index in [0.717, 1.165) is 28.6 Å². The van der Waals surface area contributed by atoms with Gasteiger partial charge in [-0.3, -0.25) is 0 Å². The Hall–Kier alpha value is -3.28.